The summed E-state index contributed by atoms with van der Waals surface area (Å²) >= 11 is 0. The average molecular weight is 494 g/mol. The molecule has 0 atom stereocenters. The van der Waals surface area contributed by atoms with Crippen LogP contribution in [0.3, 0.4) is 0 Å². The van der Waals surface area contributed by atoms with E-state index in [9.17, 15) is 0 Å². The number of aromatic nitrogens is 1. The summed E-state index contributed by atoms with van der Waals surface area (Å²) < 4.78 is 0. The maximum Gasteiger partial charge on any atom is 0.191 e. The molecule has 1 fully saturated rings. The number of aliphatic imine (C=N–C) groups is 1. The van der Waals surface area contributed by atoms with Gasteiger partial charge in [0.2, 0.25) is 0 Å². The van der Waals surface area contributed by atoms with Gasteiger partial charge in [0, 0.05) is 52.5 Å². The summed E-state index contributed by atoms with van der Waals surface area (Å²) in [6.45, 7) is 7.06. The maximum absolute atomic E-state index is 4.31. The molecule has 6 nitrogen and oxygen atoms in total. The summed E-state index contributed by atoms with van der Waals surface area (Å²) in [7, 11) is 3.98. The van der Waals surface area contributed by atoms with Gasteiger partial charge < -0.3 is 15.5 Å². The standard InChI is InChI=1S/C21H30N6.HI/c1-22-21(25-16-20-5-3-4-10-23-20)24-15-18-6-8-19(9-7-18)17-27-13-11-26(2)12-14-27;/h3-10H,11-17H2,1-2H3,(H2,22,24,25);1H. The second-order valence-corrected chi connectivity index (χ2v) is 7.00. The lowest BCUT2D eigenvalue weighted by molar-refractivity contribution is 0.148. The van der Waals surface area contributed by atoms with Crippen LogP contribution < -0.4 is 10.6 Å². The molecule has 0 aliphatic carbocycles. The highest BCUT2D eigenvalue weighted by atomic mass is 127. The number of benzene rings is 1. The van der Waals surface area contributed by atoms with Crippen LogP contribution in [0, 0.1) is 0 Å². The number of likely N-dealkylation sites (N-methyl/N-ethyl adjacent to an activating group) is 1. The third-order valence-electron chi connectivity index (χ3n) is 4.87. The van der Waals surface area contributed by atoms with Crippen LogP contribution in [0.25, 0.3) is 0 Å². The molecular weight excluding hydrogens is 463 g/mol. The zero-order chi connectivity index (χ0) is 18.9. The van der Waals surface area contributed by atoms with E-state index >= 15 is 0 Å². The SMILES string of the molecule is CN=C(NCc1ccc(CN2CCN(C)CC2)cc1)NCc1ccccn1.I. The normalized spacial score (nSPS) is 15.7. The van der Waals surface area contributed by atoms with Gasteiger partial charge in [-0.2, -0.15) is 0 Å². The molecule has 0 amide bonds. The van der Waals surface area contributed by atoms with Crippen molar-refractivity contribution in [1.29, 1.82) is 0 Å². The van der Waals surface area contributed by atoms with E-state index in [4.69, 9.17) is 0 Å². The molecule has 0 saturated carbocycles. The van der Waals surface area contributed by atoms with Gasteiger partial charge in [0.15, 0.2) is 5.96 Å². The van der Waals surface area contributed by atoms with Gasteiger partial charge in [-0.15, -0.1) is 24.0 Å². The fraction of sp³-hybridized carbons (Fsp3) is 0.429. The number of guanidine groups is 1. The predicted molar refractivity (Wildman–Crippen MR) is 126 cm³/mol. The molecule has 0 radical (unpaired) electrons. The lowest BCUT2D eigenvalue weighted by Gasteiger charge is -2.32. The lowest BCUT2D eigenvalue weighted by Crippen LogP contribution is -2.43. The van der Waals surface area contributed by atoms with E-state index in [1.807, 2.05) is 18.2 Å². The minimum Gasteiger partial charge on any atom is -0.352 e. The topological polar surface area (TPSA) is 55.8 Å². The number of nitrogens with one attached hydrogen (secondary N) is 2. The Morgan fingerprint density at radius 3 is 2.29 bits per heavy atom. The first kappa shape index (κ1) is 22.6. The van der Waals surface area contributed by atoms with Gasteiger partial charge in [-0.3, -0.25) is 14.9 Å². The maximum atomic E-state index is 4.31. The summed E-state index contributed by atoms with van der Waals surface area (Å²) in [6, 6.07) is 14.8. The van der Waals surface area contributed by atoms with E-state index in [0.717, 1.165) is 50.9 Å². The van der Waals surface area contributed by atoms with Crippen LogP contribution >= 0.6 is 24.0 Å². The van der Waals surface area contributed by atoms with E-state index < -0.39 is 0 Å². The first-order valence-electron chi connectivity index (χ1n) is 9.56. The van der Waals surface area contributed by atoms with Crippen LogP contribution in [-0.2, 0) is 19.6 Å². The summed E-state index contributed by atoms with van der Waals surface area (Å²) in [5.41, 5.74) is 3.62. The molecule has 152 valence electrons. The summed E-state index contributed by atoms with van der Waals surface area (Å²) in [6.07, 6.45) is 1.80. The fourth-order valence-electron chi connectivity index (χ4n) is 3.11. The van der Waals surface area contributed by atoms with Crippen LogP contribution in [0.1, 0.15) is 16.8 Å². The molecule has 7 heteroatoms. The summed E-state index contributed by atoms with van der Waals surface area (Å²) in [4.78, 5) is 13.5. The highest BCUT2D eigenvalue weighted by Gasteiger charge is 2.13. The van der Waals surface area contributed by atoms with E-state index in [1.54, 1.807) is 13.2 Å². The van der Waals surface area contributed by atoms with Crippen molar-refractivity contribution in [2.24, 2.45) is 4.99 Å². The number of piperazine rings is 1. The van der Waals surface area contributed by atoms with Crippen molar-refractivity contribution < 1.29 is 0 Å². The second kappa shape index (κ2) is 12.0. The van der Waals surface area contributed by atoms with Crippen LogP contribution in [0.5, 0.6) is 0 Å². The molecule has 0 bridgehead atoms. The zero-order valence-corrected chi connectivity index (χ0v) is 19.1. The van der Waals surface area contributed by atoms with Crippen LogP contribution in [0.2, 0.25) is 0 Å². The van der Waals surface area contributed by atoms with Gasteiger partial charge >= 0.3 is 0 Å². The molecule has 1 saturated heterocycles. The van der Waals surface area contributed by atoms with E-state index in [2.05, 4.69) is 61.7 Å². The Bertz CT molecular complexity index is 711. The molecule has 1 aliphatic rings. The molecule has 0 unspecified atom stereocenters. The Morgan fingerprint density at radius 1 is 0.964 bits per heavy atom. The van der Waals surface area contributed by atoms with Gasteiger partial charge in [-0.05, 0) is 30.3 Å². The molecule has 28 heavy (non-hydrogen) atoms. The Balaban J connectivity index is 0.00000280. The number of rotatable bonds is 6. The minimum atomic E-state index is 0. The largest absolute Gasteiger partial charge is 0.352 e. The zero-order valence-electron chi connectivity index (χ0n) is 16.8. The lowest BCUT2D eigenvalue weighted by atomic mass is 10.1. The van der Waals surface area contributed by atoms with E-state index in [0.29, 0.717) is 6.54 Å². The quantitative estimate of drug-likeness (QED) is 0.367. The fourth-order valence-corrected chi connectivity index (χ4v) is 3.11. The van der Waals surface area contributed by atoms with Crippen LogP contribution in [-0.4, -0.2) is 61.0 Å². The smallest absolute Gasteiger partial charge is 0.191 e. The summed E-state index contributed by atoms with van der Waals surface area (Å²) in [5, 5.41) is 6.65. The minimum absolute atomic E-state index is 0. The third-order valence-corrected chi connectivity index (χ3v) is 4.87. The molecule has 1 aromatic heterocycles. The van der Waals surface area contributed by atoms with E-state index in [-0.39, 0.29) is 24.0 Å². The molecular formula is C21H31IN6. The Labute approximate surface area is 185 Å². The van der Waals surface area contributed by atoms with Gasteiger partial charge in [0.25, 0.3) is 0 Å². The van der Waals surface area contributed by atoms with Crippen molar-refractivity contribution in [3.8, 4) is 0 Å². The second-order valence-electron chi connectivity index (χ2n) is 7.00. The number of hydrogen-bond donors (Lipinski definition) is 2. The monoisotopic (exact) mass is 494 g/mol. The van der Waals surface area contributed by atoms with Gasteiger partial charge in [0.05, 0.1) is 12.2 Å². The van der Waals surface area contributed by atoms with Crippen molar-refractivity contribution >= 4 is 29.9 Å². The third kappa shape index (κ3) is 7.37. The highest BCUT2D eigenvalue weighted by molar-refractivity contribution is 14.0. The van der Waals surface area contributed by atoms with Crippen molar-refractivity contribution in [1.82, 2.24) is 25.4 Å². The Morgan fingerprint density at radius 2 is 1.64 bits per heavy atom. The molecule has 2 aromatic rings. The number of nitrogens with zero attached hydrogens (tertiary/aromatic N) is 4. The van der Waals surface area contributed by atoms with Crippen molar-refractivity contribution in [3.05, 3.63) is 65.5 Å². The molecule has 3 rings (SSSR count). The first-order chi connectivity index (χ1) is 13.2. The number of halogens is 1. The molecule has 0 spiro atoms. The Kier molecular flexibility index (Phi) is 9.66. The average Bonchev–Trinajstić information content (AvgIpc) is 2.72. The number of pyridine rings is 1. The highest BCUT2D eigenvalue weighted by Crippen LogP contribution is 2.09. The van der Waals surface area contributed by atoms with Gasteiger partial charge in [-0.1, -0.05) is 30.3 Å². The first-order valence-corrected chi connectivity index (χ1v) is 9.56. The predicted octanol–water partition coefficient (Wildman–Crippen LogP) is 2.31. The van der Waals surface area contributed by atoms with Crippen molar-refractivity contribution in [2.45, 2.75) is 19.6 Å². The van der Waals surface area contributed by atoms with Crippen molar-refractivity contribution in [3.63, 3.8) is 0 Å². The van der Waals surface area contributed by atoms with Gasteiger partial charge in [0.1, 0.15) is 0 Å². The molecule has 2 heterocycles. The molecule has 1 aromatic carbocycles. The summed E-state index contributed by atoms with van der Waals surface area (Å²) in [5.74, 6) is 0.780. The molecule has 2 N–H and O–H groups in total. The van der Waals surface area contributed by atoms with Gasteiger partial charge in [-0.25, -0.2) is 0 Å². The van der Waals surface area contributed by atoms with Crippen LogP contribution in [0.4, 0.5) is 0 Å². The van der Waals surface area contributed by atoms with Crippen LogP contribution in [0.15, 0.2) is 53.7 Å². The Hall–Kier alpha value is -1.71. The molecule has 1 aliphatic heterocycles. The number of hydrogen-bond acceptors (Lipinski definition) is 4. The van der Waals surface area contributed by atoms with Crippen molar-refractivity contribution in [2.75, 3.05) is 40.3 Å². The van der Waals surface area contributed by atoms with E-state index in [1.165, 1.54) is 11.1 Å².